The summed E-state index contributed by atoms with van der Waals surface area (Å²) in [5, 5.41) is 1.94. The van der Waals surface area contributed by atoms with Gasteiger partial charge in [-0.15, -0.1) is 0 Å². The van der Waals surface area contributed by atoms with Gasteiger partial charge in [0.25, 0.3) is 5.56 Å². The number of hydrogen-bond acceptors (Lipinski definition) is 3. The van der Waals surface area contributed by atoms with Crippen molar-refractivity contribution in [3.05, 3.63) is 51.4 Å². The first kappa shape index (κ1) is 23.9. The zero-order valence-electron chi connectivity index (χ0n) is 16.1. The largest absolute Gasteiger partial charge is 0.433 e. The maximum atomic E-state index is 13.4. The molecule has 32 heavy (non-hydrogen) atoms. The Morgan fingerprint density at radius 1 is 0.844 bits per heavy atom. The summed E-state index contributed by atoms with van der Waals surface area (Å²) in [5.74, 6) is -0.901. The first-order chi connectivity index (χ1) is 14.7. The van der Waals surface area contributed by atoms with Gasteiger partial charge in [-0.25, -0.2) is 4.98 Å². The third-order valence-corrected chi connectivity index (χ3v) is 5.08. The van der Waals surface area contributed by atoms with Crippen LogP contribution in [0.4, 0.5) is 51.1 Å². The van der Waals surface area contributed by atoms with Crippen LogP contribution in [0.3, 0.4) is 0 Å². The highest BCUT2D eigenvalue weighted by molar-refractivity contribution is 5.61. The molecule has 2 aromatic rings. The van der Waals surface area contributed by atoms with E-state index < -0.39 is 58.6 Å². The molecule has 1 N–H and O–H groups in total. The number of aromatic nitrogens is 2. The monoisotopic (exact) mass is 473 g/mol. The maximum absolute atomic E-state index is 13.4. The standard InChI is InChI=1S/C19H16F9N3O/c20-17(21,22)10-6-7-12(18(23,24)25)13(8-10)29-16-30-14(19(26,27)28)9-15(32)31(16)11-4-2-1-3-5-11/h6-9,11H,1-5H2,(H,29,30). The third kappa shape index (κ3) is 5.18. The number of nitrogens with one attached hydrogen (secondary N) is 1. The van der Waals surface area contributed by atoms with Gasteiger partial charge >= 0.3 is 18.5 Å². The van der Waals surface area contributed by atoms with Gasteiger partial charge in [0.1, 0.15) is 0 Å². The Balaban J connectivity index is 2.20. The predicted molar refractivity (Wildman–Crippen MR) is 95.3 cm³/mol. The van der Waals surface area contributed by atoms with Crippen molar-refractivity contribution < 1.29 is 39.5 Å². The highest BCUT2D eigenvalue weighted by Crippen LogP contribution is 2.40. The predicted octanol–water partition coefficient (Wildman–Crippen LogP) is 6.55. The van der Waals surface area contributed by atoms with Crippen molar-refractivity contribution in [3.63, 3.8) is 0 Å². The van der Waals surface area contributed by atoms with E-state index in [2.05, 4.69) is 4.98 Å². The van der Waals surface area contributed by atoms with E-state index in [1.54, 1.807) is 0 Å². The Labute approximate surface area is 175 Å². The number of hydrogen-bond donors (Lipinski definition) is 1. The molecule has 1 saturated carbocycles. The van der Waals surface area contributed by atoms with Crippen molar-refractivity contribution in [1.82, 2.24) is 9.55 Å². The molecular weight excluding hydrogens is 457 g/mol. The lowest BCUT2D eigenvalue weighted by molar-refractivity contribution is -0.141. The Morgan fingerprint density at radius 3 is 2.00 bits per heavy atom. The van der Waals surface area contributed by atoms with E-state index in [4.69, 9.17) is 0 Å². The molecule has 0 saturated heterocycles. The van der Waals surface area contributed by atoms with Crippen LogP contribution < -0.4 is 10.9 Å². The second-order valence-electron chi connectivity index (χ2n) is 7.34. The number of nitrogens with zero attached hydrogens (tertiary/aromatic N) is 2. The van der Waals surface area contributed by atoms with E-state index in [1.807, 2.05) is 5.32 Å². The molecule has 0 aliphatic heterocycles. The number of halogens is 9. The van der Waals surface area contributed by atoms with Gasteiger partial charge in [0, 0.05) is 12.1 Å². The van der Waals surface area contributed by atoms with Crippen LogP contribution in [0.2, 0.25) is 0 Å². The minimum atomic E-state index is -5.12. The number of rotatable bonds is 3. The summed E-state index contributed by atoms with van der Waals surface area (Å²) in [6, 6.07) is 0.0642. The molecule has 1 aromatic heterocycles. The quantitative estimate of drug-likeness (QED) is 0.515. The van der Waals surface area contributed by atoms with Crippen LogP contribution in [-0.4, -0.2) is 9.55 Å². The Kier molecular flexibility index (Phi) is 6.22. The molecule has 4 nitrogen and oxygen atoms in total. The van der Waals surface area contributed by atoms with Crippen LogP contribution in [0, 0.1) is 0 Å². The summed E-state index contributed by atoms with van der Waals surface area (Å²) in [5.41, 5.74) is -7.00. The highest BCUT2D eigenvalue weighted by atomic mass is 19.4. The molecule has 0 amide bonds. The van der Waals surface area contributed by atoms with Crippen molar-refractivity contribution in [2.75, 3.05) is 5.32 Å². The van der Waals surface area contributed by atoms with E-state index in [0.717, 1.165) is 11.0 Å². The van der Waals surface area contributed by atoms with Crippen molar-refractivity contribution in [3.8, 4) is 0 Å². The average Bonchev–Trinajstić information content (AvgIpc) is 2.66. The van der Waals surface area contributed by atoms with Gasteiger partial charge in [-0.3, -0.25) is 9.36 Å². The van der Waals surface area contributed by atoms with Crippen LogP contribution >= 0.6 is 0 Å². The van der Waals surface area contributed by atoms with Crippen molar-refractivity contribution in [2.45, 2.75) is 56.7 Å². The second-order valence-corrected chi connectivity index (χ2v) is 7.34. The minimum absolute atomic E-state index is 0.125. The summed E-state index contributed by atoms with van der Waals surface area (Å²) in [7, 11) is 0. The van der Waals surface area contributed by atoms with Crippen LogP contribution in [0.15, 0.2) is 29.1 Å². The molecule has 1 fully saturated rings. The van der Waals surface area contributed by atoms with Crippen molar-refractivity contribution >= 4 is 11.6 Å². The number of anilines is 2. The topological polar surface area (TPSA) is 46.9 Å². The van der Waals surface area contributed by atoms with E-state index in [1.165, 1.54) is 0 Å². The molecule has 0 atom stereocenters. The summed E-state index contributed by atoms with van der Waals surface area (Å²) in [6.07, 6.45) is -12.5. The van der Waals surface area contributed by atoms with Gasteiger partial charge in [-0.2, -0.15) is 39.5 Å². The van der Waals surface area contributed by atoms with Crippen LogP contribution in [-0.2, 0) is 18.5 Å². The van der Waals surface area contributed by atoms with Crippen molar-refractivity contribution in [2.24, 2.45) is 0 Å². The SMILES string of the molecule is O=c1cc(C(F)(F)F)nc(Nc2cc(C(F)(F)F)ccc2C(F)(F)F)n1C1CCCCC1. The molecule has 0 spiro atoms. The lowest BCUT2D eigenvalue weighted by Gasteiger charge is -2.27. The molecular formula is C19H16F9N3O. The fourth-order valence-corrected chi connectivity index (χ4v) is 3.61. The molecule has 3 rings (SSSR count). The Bertz CT molecular complexity index is 1030. The first-order valence-corrected chi connectivity index (χ1v) is 9.44. The maximum Gasteiger partial charge on any atom is 0.433 e. The summed E-state index contributed by atoms with van der Waals surface area (Å²) >= 11 is 0. The van der Waals surface area contributed by atoms with Gasteiger partial charge < -0.3 is 5.32 Å². The number of alkyl halides is 9. The molecule has 0 bridgehead atoms. The molecule has 176 valence electrons. The zero-order valence-corrected chi connectivity index (χ0v) is 16.1. The molecule has 1 aliphatic carbocycles. The highest BCUT2D eigenvalue weighted by Gasteiger charge is 2.39. The average molecular weight is 473 g/mol. The van der Waals surface area contributed by atoms with Crippen LogP contribution in [0.5, 0.6) is 0 Å². The lowest BCUT2D eigenvalue weighted by atomic mass is 9.95. The van der Waals surface area contributed by atoms with Gasteiger partial charge in [-0.1, -0.05) is 19.3 Å². The fourth-order valence-electron chi connectivity index (χ4n) is 3.61. The van der Waals surface area contributed by atoms with Gasteiger partial charge in [-0.05, 0) is 31.0 Å². The van der Waals surface area contributed by atoms with Gasteiger partial charge in [0.2, 0.25) is 5.95 Å². The van der Waals surface area contributed by atoms with E-state index in [0.29, 0.717) is 25.7 Å². The van der Waals surface area contributed by atoms with Crippen LogP contribution in [0.25, 0.3) is 0 Å². The third-order valence-electron chi connectivity index (χ3n) is 5.08. The molecule has 13 heteroatoms. The second kappa shape index (κ2) is 8.32. The number of benzene rings is 1. The van der Waals surface area contributed by atoms with E-state index in [-0.39, 0.29) is 24.3 Å². The molecule has 1 aromatic carbocycles. The minimum Gasteiger partial charge on any atom is -0.325 e. The van der Waals surface area contributed by atoms with E-state index >= 15 is 0 Å². The zero-order chi connectivity index (χ0) is 23.9. The normalized spacial score (nSPS) is 16.3. The van der Waals surface area contributed by atoms with Crippen LogP contribution in [0.1, 0.15) is 55.0 Å². The first-order valence-electron chi connectivity index (χ1n) is 9.44. The summed E-state index contributed by atoms with van der Waals surface area (Å²) in [4.78, 5) is 15.8. The summed E-state index contributed by atoms with van der Waals surface area (Å²) < 4.78 is 120. The molecule has 1 aliphatic rings. The van der Waals surface area contributed by atoms with Crippen molar-refractivity contribution in [1.29, 1.82) is 0 Å². The Morgan fingerprint density at radius 2 is 1.47 bits per heavy atom. The van der Waals surface area contributed by atoms with Gasteiger partial charge in [0.05, 0.1) is 16.8 Å². The lowest BCUT2D eigenvalue weighted by Crippen LogP contribution is -2.31. The molecule has 0 unspecified atom stereocenters. The van der Waals surface area contributed by atoms with Gasteiger partial charge in [0.15, 0.2) is 5.69 Å². The molecule has 0 radical (unpaired) electrons. The fraction of sp³-hybridized carbons (Fsp3) is 0.474. The summed E-state index contributed by atoms with van der Waals surface area (Å²) in [6.45, 7) is 0. The Hall–Kier alpha value is -2.73. The smallest absolute Gasteiger partial charge is 0.325 e. The van der Waals surface area contributed by atoms with E-state index in [9.17, 15) is 44.3 Å². The molecule has 1 heterocycles.